The first-order chi connectivity index (χ1) is 12.1. The molecular weight excluding hydrogens is 318 g/mol. The van der Waals surface area contributed by atoms with Gasteiger partial charge in [-0.1, -0.05) is 26.0 Å². The highest BCUT2D eigenvalue weighted by molar-refractivity contribution is 5.92. The first-order valence-corrected chi connectivity index (χ1v) is 8.23. The third-order valence-electron chi connectivity index (χ3n) is 4.06. The zero-order valence-corrected chi connectivity index (χ0v) is 14.7. The van der Waals surface area contributed by atoms with Crippen molar-refractivity contribution in [3.05, 3.63) is 53.6 Å². The molecule has 25 heavy (non-hydrogen) atoms. The van der Waals surface area contributed by atoms with Crippen molar-refractivity contribution < 1.29 is 19.1 Å². The molecule has 2 rings (SSSR count). The molecule has 1 N–H and O–H groups in total. The quantitative estimate of drug-likeness (QED) is 0.736. The van der Waals surface area contributed by atoms with Gasteiger partial charge in [-0.25, -0.2) is 0 Å². The number of aldehydes is 1. The predicted molar refractivity (Wildman–Crippen MR) is 97.7 cm³/mol. The molecule has 0 spiro atoms. The van der Waals surface area contributed by atoms with Crippen LogP contribution in [0.1, 0.15) is 42.1 Å². The number of anilines is 1. The van der Waals surface area contributed by atoms with Gasteiger partial charge in [-0.15, -0.1) is 0 Å². The highest BCUT2D eigenvalue weighted by atomic mass is 16.5. The van der Waals surface area contributed by atoms with Crippen LogP contribution >= 0.6 is 0 Å². The van der Waals surface area contributed by atoms with Gasteiger partial charge < -0.3 is 14.8 Å². The summed E-state index contributed by atoms with van der Waals surface area (Å²) in [4.78, 5) is 22.9. The van der Waals surface area contributed by atoms with Crippen LogP contribution in [0.2, 0.25) is 0 Å². The van der Waals surface area contributed by atoms with Crippen LogP contribution in [0.25, 0.3) is 0 Å². The highest BCUT2D eigenvalue weighted by Crippen LogP contribution is 2.27. The average molecular weight is 341 g/mol. The number of carbonyl (C=O) groups is 2. The zero-order chi connectivity index (χ0) is 18.2. The summed E-state index contributed by atoms with van der Waals surface area (Å²) in [6.07, 6.45) is 1.78. The number of ether oxygens (including phenoxy) is 2. The molecule has 0 unspecified atom stereocenters. The summed E-state index contributed by atoms with van der Waals surface area (Å²) in [5.74, 6) is 1.03. The molecule has 5 nitrogen and oxygen atoms in total. The topological polar surface area (TPSA) is 64.6 Å². The Kier molecular flexibility index (Phi) is 6.57. The largest absolute Gasteiger partial charge is 0.493 e. The molecule has 0 aliphatic carbocycles. The van der Waals surface area contributed by atoms with E-state index in [4.69, 9.17) is 9.47 Å². The van der Waals surface area contributed by atoms with Crippen LogP contribution in [0, 0.1) is 0 Å². The molecule has 0 bridgehead atoms. The molecule has 2 aromatic rings. The van der Waals surface area contributed by atoms with E-state index in [0.29, 0.717) is 35.0 Å². The van der Waals surface area contributed by atoms with Gasteiger partial charge in [0.15, 0.2) is 18.1 Å². The normalized spacial score (nSPS) is 11.5. The minimum Gasteiger partial charge on any atom is -0.493 e. The van der Waals surface area contributed by atoms with Crippen molar-refractivity contribution in [3.63, 3.8) is 0 Å². The lowest BCUT2D eigenvalue weighted by atomic mass is 9.99. The molecular formula is C20H23NO4. The number of carbonyl (C=O) groups excluding carboxylic acids is 2. The van der Waals surface area contributed by atoms with Gasteiger partial charge in [-0.05, 0) is 48.2 Å². The average Bonchev–Trinajstić information content (AvgIpc) is 2.66. The maximum Gasteiger partial charge on any atom is 0.262 e. The van der Waals surface area contributed by atoms with Crippen LogP contribution in [0.4, 0.5) is 5.69 Å². The Bertz CT molecular complexity index is 725. The Hall–Kier alpha value is -2.82. The zero-order valence-electron chi connectivity index (χ0n) is 14.7. The molecule has 1 atom stereocenters. The first-order valence-electron chi connectivity index (χ1n) is 8.23. The molecule has 0 aliphatic heterocycles. The SMILES string of the molecule is CC[C@H](C)c1ccc(NC(=O)COc2cc(C=O)ccc2OC)cc1. The molecule has 0 radical (unpaired) electrons. The van der Waals surface area contributed by atoms with E-state index >= 15 is 0 Å². The van der Waals surface area contributed by atoms with Crippen molar-refractivity contribution in [1.29, 1.82) is 0 Å². The molecule has 5 heteroatoms. The standard InChI is InChI=1S/C20H23NO4/c1-4-14(2)16-6-8-17(9-7-16)21-20(23)13-25-19-11-15(12-22)5-10-18(19)24-3/h5-12,14H,4,13H2,1-3H3,(H,21,23)/t14-/m0/s1. The Morgan fingerprint density at radius 2 is 1.88 bits per heavy atom. The molecule has 0 saturated heterocycles. The fourth-order valence-electron chi connectivity index (χ4n) is 2.35. The van der Waals surface area contributed by atoms with E-state index in [1.54, 1.807) is 18.2 Å². The van der Waals surface area contributed by atoms with Crippen molar-refractivity contribution in [2.24, 2.45) is 0 Å². The number of nitrogens with one attached hydrogen (secondary N) is 1. The van der Waals surface area contributed by atoms with Crippen molar-refractivity contribution in [2.45, 2.75) is 26.2 Å². The van der Waals surface area contributed by atoms with E-state index in [2.05, 4.69) is 19.2 Å². The third-order valence-corrected chi connectivity index (χ3v) is 4.06. The lowest BCUT2D eigenvalue weighted by Gasteiger charge is -2.12. The summed E-state index contributed by atoms with van der Waals surface area (Å²) in [6.45, 7) is 4.14. The second kappa shape index (κ2) is 8.87. The van der Waals surface area contributed by atoms with Gasteiger partial charge in [0.05, 0.1) is 7.11 Å². The minimum atomic E-state index is -0.283. The van der Waals surface area contributed by atoms with Crippen LogP contribution in [-0.2, 0) is 4.79 Å². The van der Waals surface area contributed by atoms with Crippen LogP contribution in [0.5, 0.6) is 11.5 Å². The summed E-state index contributed by atoms with van der Waals surface area (Å²) >= 11 is 0. The maximum absolute atomic E-state index is 12.1. The third kappa shape index (κ3) is 5.08. The summed E-state index contributed by atoms with van der Waals surface area (Å²) < 4.78 is 10.7. The predicted octanol–water partition coefficient (Wildman–Crippen LogP) is 4.04. The fraction of sp³-hybridized carbons (Fsp3) is 0.300. The number of methoxy groups -OCH3 is 1. The van der Waals surface area contributed by atoms with Crippen LogP contribution < -0.4 is 14.8 Å². The number of hydrogen-bond acceptors (Lipinski definition) is 4. The lowest BCUT2D eigenvalue weighted by Crippen LogP contribution is -2.20. The van der Waals surface area contributed by atoms with Crippen LogP contribution in [-0.4, -0.2) is 25.9 Å². The van der Waals surface area contributed by atoms with E-state index < -0.39 is 0 Å². The summed E-state index contributed by atoms with van der Waals surface area (Å²) in [5.41, 5.74) is 2.42. The summed E-state index contributed by atoms with van der Waals surface area (Å²) in [6, 6.07) is 12.6. The second-order valence-corrected chi connectivity index (χ2v) is 5.80. The molecule has 0 saturated carbocycles. The Morgan fingerprint density at radius 3 is 2.48 bits per heavy atom. The first kappa shape index (κ1) is 18.5. The van der Waals surface area contributed by atoms with Gasteiger partial charge in [0.1, 0.15) is 6.29 Å². The number of benzene rings is 2. The fourth-order valence-corrected chi connectivity index (χ4v) is 2.35. The lowest BCUT2D eigenvalue weighted by molar-refractivity contribution is -0.118. The van der Waals surface area contributed by atoms with Crippen LogP contribution in [0.15, 0.2) is 42.5 Å². The van der Waals surface area contributed by atoms with Gasteiger partial charge in [-0.2, -0.15) is 0 Å². The number of amides is 1. The van der Waals surface area contributed by atoms with E-state index in [1.165, 1.54) is 12.7 Å². The van der Waals surface area contributed by atoms with Crippen molar-refractivity contribution in [1.82, 2.24) is 0 Å². The van der Waals surface area contributed by atoms with E-state index in [1.807, 2.05) is 24.3 Å². The van der Waals surface area contributed by atoms with Crippen molar-refractivity contribution in [3.8, 4) is 11.5 Å². The van der Waals surface area contributed by atoms with Gasteiger partial charge in [0.25, 0.3) is 5.91 Å². The minimum absolute atomic E-state index is 0.175. The van der Waals surface area contributed by atoms with Gasteiger partial charge in [0.2, 0.25) is 0 Å². The monoisotopic (exact) mass is 341 g/mol. The van der Waals surface area contributed by atoms with E-state index in [9.17, 15) is 9.59 Å². The molecule has 1 amide bonds. The van der Waals surface area contributed by atoms with Gasteiger partial charge in [0, 0.05) is 11.3 Å². The number of rotatable bonds is 8. The van der Waals surface area contributed by atoms with Gasteiger partial charge in [-0.3, -0.25) is 9.59 Å². The second-order valence-electron chi connectivity index (χ2n) is 5.80. The smallest absolute Gasteiger partial charge is 0.262 e. The van der Waals surface area contributed by atoms with Crippen molar-refractivity contribution >= 4 is 17.9 Å². The van der Waals surface area contributed by atoms with E-state index in [-0.39, 0.29) is 12.5 Å². The number of hydrogen-bond donors (Lipinski definition) is 1. The molecule has 132 valence electrons. The van der Waals surface area contributed by atoms with Gasteiger partial charge >= 0.3 is 0 Å². The molecule has 0 aromatic heterocycles. The van der Waals surface area contributed by atoms with E-state index in [0.717, 1.165) is 6.42 Å². The Balaban J connectivity index is 1.95. The highest BCUT2D eigenvalue weighted by Gasteiger charge is 2.09. The molecule has 0 aliphatic rings. The van der Waals surface area contributed by atoms with Crippen molar-refractivity contribution in [2.75, 3.05) is 19.0 Å². The molecule has 2 aromatic carbocycles. The summed E-state index contributed by atoms with van der Waals surface area (Å²) in [7, 11) is 1.50. The Labute approximate surface area is 148 Å². The molecule has 0 fully saturated rings. The maximum atomic E-state index is 12.1. The summed E-state index contributed by atoms with van der Waals surface area (Å²) in [5, 5.41) is 2.79. The Morgan fingerprint density at radius 1 is 1.16 bits per heavy atom. The van der Waals surface area contributed by atoms with Crippen LogP contribution in [0.3, 0.4) is 0 Å². The molecule has 0 heterocycles.